The predicted molar refractivity (Wildman–Crippen MR) is 117 cm³/mol. The summed E-state index contributed by atoms with van der Waals surface area (Å²) in [5.41, 5.74) is -7.12. The fraction of sp³-hybridized carbons (Fsp3) is 0.667. The minimum absolute atomic E-state index is 0.0718. The van der Waals surface area contributed by atoms with Crippen molar-refractivity contribution >= 4 is 11.9 Å². The van der Waals surface area contributed by atoms with Gasteiger partial charge in [-0.15, -0.1) is 0 Å². The van der Waals surface area contributed by atoms with Gasteiger partial charge in [0.2, 0.25) is 0 Å². The van der Waals surface area contributed by atoms with Crippen molar-refractivity contribution < 1.29 is 45.8 Å². The molecule has 1 aliphatic carbocycles. The molecular formula is C24H30F6N2O4. The molecule has 1 saturated carbocycles. The van der Waals surface area contributed by atoms with E-state index in [1.807, 2.05) is 0 Å². The largest absolute Gasteiger partial charge is 0.493 e. The molecule has 0 aromatic heterocycles. The Labute approximate surface area is 205 Å². The Morgan fingerprint density at radius 3 is 2.28 bits per heavy atom. The second-order valence-corrected chi connectivity index (χ2v) is 9.55. The summed E-state index contributed by atoms with van der Waals surface area (Å²) in [6.07, 6.45) is -7.80. The number of aliphatic hydroxyl groups is 1. The molecule has 2 fully saturated rings. The van der Waals surface area contributed by atoms with Gasteiger partial charge in [0.05, 0.1) is 6.61 Å². The average Bonchev–Trinajstić information content (AvgIpc) is 2.93. The molecule has 0 bridgehead atoms. The number of carbonyl (C=O) groups is 2. The quantitative estimate of drug-likeness (QED) is 0.250. The molecule has 202 valence electrons. The Kier molecular flexibility index (Phi) is 7.88. The lowest BCUT2D eigenvalue weighted by Gasteiger charge is -2.37. The van der Waals surface area contributed by atoms with Crippen LogP contribution in [0.2, 0.25) is 0 Å². The van der Waals surface area contributed by atoms with E-state index in [9.17, 15) is 41.0 Å². The Morgan fingerprint density at radius 2 is 1.75 bits per heavy atom. The van der Waals surface area contributed by atoms with Crippen molar-refractivity contribution in [3.8, 4) is 5.75 Å². The average molecular weight is 525 g/mol. The first-order valence-electron chi connectivity index (χ1n) is 11.9. The molecule has 1 atom stereocenters. The van der Waals surface area contributed by atoms with Gasteiger partial charge in [0.25, 0.3) is 11.5 Å². The van der Waals surface area contributed by atoms with Crippen LogP contribution in [0.3, 0.4) is 0 Å². The van der Waals surface area contributed by atoms with Gasteiger partial charge in [0.15, 0.2) is 0 Å². The predicted octanol–water partition coefficient (Wildman–Crippen LogP) is 5.22. The lowest BCUT2D eigenvalue weighted by Crippen LogP contribution is -2.53. The summed E-state index contributed by atoms with van der Waals surface area (Å²) in [6.45, 7) is 3.67. The normalized spacial score (nSPS) is 21.5. The number of amides is 3. The van der Waals surface area contributed by atoms with E-state index in [-0.39, 0.29) is 42.7 Å². The fourth-order valence-corrected chi connectivity index (χ4v) is 4.63. The van der Waals surface area contributed by atoms with E-state index in [1.165, 1.54) is 4.90 Å². The van der Waals surface area contributed by atoms with Gasteiger partial charge in [-0.2, -0.15) is 26.3 Å². The summed E-state index contributed by atoms with van der Waals surface area (Å²) in [4.78, 5) is 26.2. The summed E-state index contributed by atoms with van der Waals surface area (Å²) < 4.78 is 85.0. The first kappa shape index (κ1) is 28.1. The van der Waals surface area contributed by atoms with Gasteiger partial charge in [-0.1, -0.05) is 25.8 Å². The number of nitrogens with zero attached hydrogens (tertiary/aromatic N) is 1. The van der Waals surface area contributed by atoms with Crippen LogP contribution in [-0.2, 0) is 16.8 Å². The molecule has 36 heavy (non-hydrogen) atoms. The molecule has 2 N–H and O–H groups in total. The van der Waals surface area contributed by atoms with E-state index < -0.39 is 35.1 Å². The van der Waals surface area contributed by atoms with Crippen LogP contribution in [0.5, 0.6) is 5.75 Å². The van der Waals surface area contributed by atoms with E-state index in [2.05, 4.69) is 5.32 Å². The molecule has 1 saturated heterocycles. The van der Waals surface area contributed by atoms with Crippen LogP contribution in [0.15, 0.2) is 18.2 Å². The minimum atomic E-state index is -5.97. The van der Waals surface area contributed by atoms with E-state index in [0.29, 0.717) is 31.4 Å². The lowest BCUT2D eigenvalue weighted by molar-refractivity contribution is -0.376. The van der Waals surface area contributed by atoms with Gasteiger partial charge in [-0.3, -0.25) is 9.69 Å². The molecule has 3 rings (SSSR count). The SMILES string of the molecule is CCCc1cc(C(O)(C(F)(F)F)C(F)(F)F)ccc1OCCCCN1C(=O)NC(C)(C2CCC2)C1=O. The smallest absolute Gasteiger partial charge is 0.430 e. The number of aryl methyl sites for hydroxylation is 1. The van der Waals surface area contributed by atoms with E-state index in [1.54, 1.807) is 13.8 Å². The molecule has 1 heterocycles. The number of urea groups is 1. The molecule has 12 heteroatoms. The Balaban J connectivity index is 1.62. The number of nitrogens with one attached hydrogen (secondary N) is 1. The number of alkyl halides is 6. The lowest BCUT2D eigenvalue weighted by atomic mass is 9.71. The highest BCUT2D eigenvalue weighted by Gasteiger charge is 2.71. The molecule has 3 amide bonds. The maximum absolute atomic E-state index is 13.2. The van der Waals surface area contributed by atoms with Crippen molar-refractivity contribution in [2.75, 3.05) is 13.2 Å². The highest BCUT2D eigenvalue weighted by molar-refractivity contribution is 6.07. The van der Waals surface area contributed by atoms with Gasteiger partial charge < -0.3 is 15.2 Å². The molecule has 0 spiro atoms. The van der Waals surface area contributed by atoms with Crippen LogP contribution < -0.4 is 10.1 Å². The number of rotatable bonds is 10. The molecule has 1 unspecified atom stereocenters. The van der Waals surface area contributed by atoms with Gasteiger partial charge in [0.1, 0.15) is 11.3 Å². The van der Waals surface area contributed by atoms with Crippen molar-refractivity contribution in [3.05, 3.63) is 29.3 Å². The van der Waals surface area contributed by atoms with Gasteiger partial charge in [-0.25, -0.2) is 4.79 Å². The summed E-state index contributed by atoms with van der Waals surface area (Å²) in [7, 11) is 0. The third-order valence-corrected chi connectivity index (χ3v) is 7.07. The van der Waals surface area contributed by atoms with E-state index >= 15 is 0 Å². The topological polar surface area (TPSA) is 78.9 Å². The molecule has 0 radical (unpaired) electrons. The molecule has 1 aromatic carbocycles. The second kappa shape index (κ2) is 10.1. The molecule has 6 nitrogen and oxygen atoms in total. The number of hydrogen-bond donors (Lipinski definition) is 2. The van der Waals surface area contributed by atoms with Crippen molar-refractivity contribution in [2.45, 2.75) is 82.3 Å². The van der Waals surface area contributed by atoms with Gasteiger partial charge in [0, 0.05) is 12.1 Å². The Hall–Kier alpha value is -2.50. The fourth-order valence-electron chi connectivity index (χ4n) is 4.63. The van der Waals surface area contributed by atoms with Gasteiger partial charge >= 0.3 is 18.4 Å². The maximum Gasteiger partial charge on any atom is 0.430 e. The molecule has 2 aliphatic rings. The van der Waals surface area contributed by atoms with E-state index in [4.69, 9.17) is 4.74 Å². The first-order valence-corrected chi connectivity index (χ1v) is 11.9. The van der Waals surface area contributed by atoms with Crippen LogP contribution in [0, 0.1) is 5.92 Å². The van der Waals surface area contributed by atoms with Crippen molar-refractivity contribution in [3.63, 3.8) is 0 Å². The van der Waals surface area contributed by atoms with Crippen LogP contribution in [0.25, 0.3) is 0 Å². The van der Waals surface area contributed by atoms with E-state index in [0.717, 1.165) is 25.3 Å². The number of ether oxygens (including phenoxy) is 1. The molecular weight excluding hydrogens is 494 g/mol. The van der Waals surface area contributed by atoms with Crippen LogP contribution in [0.4, 0.5) is 31.1 Å². The van der Waals surface area contributed by atoms with Gasteiger partial charge in [-0.05, 0) is 62.6 Å². The second-order valence-electron chi connectivity index (χ2n) is 9.55. The summed E-state index contributed by atoms with van der Waals surface area (Å²) in [5.74, 6) is -0.0322. The zero-order chi connectivity index (χ0) is 26.9. The number of unbranched alkanes of at least 4 members (excludes halogenated alkanes) is 1. The van der Waals surface area contributed by atoms with Crippen LogP contribution in [0.1, 0.15) is 63.5 Å². The number of imide groups is 1. The Bertz CT molecular complexity index is 962. The van der Waals surface area contributed by atoms with Crippen LogP contribution in [-0.4, -0.2) is 53.0 Å². The van der Waals surface area contributed by atoms with Crippen molar-refractivity contribution in [1.29, 1.82) is 0 Å². The number of carbonyl (C=O) groups excluding carboxylic acids is 2. The maximum atomic E-state index is 13.2. The zero-order valence-electron chi connectivity index (χ0n) is 20.1. The molecule has 1 aliphatic heterocycles. The third-order valence-electron chi connectivity index (χ3n) is 7.07. The Morgan fingerprint density at radius 1 is 1.11 bits per heavy atom. The number of hydrogen-bond acceptors (Lipinski definition) is 4. The monoisotopic (exact) mass is 524 g/mol. The summed E-state index contributed by atoms with van der Waals surface area (Å²) in [5, 5.41) is 12.5. The summed E-state index contributed by atoms with van der Waals surface area (Å²) >= 11 is 0. The summed E-state index contributed by atoms with van der Waals surface area (Å²) in [6, 6.07) is 1.78. The highest BCUT2D eigenvalue weighted by atomic mass is 19.4. The number of halogens is 6. The first-order chi connectivity index (χ1) is 16.7. The zero-order valence-corrected chi connectivity index (χ0v) is 20.1. The number of benzene rings is 1. The van der Waals surface area contributed by atoms with Crippen LogP contribution >= 0.6 is 0 Å². The standard InChI is InChI=1S/C24H30F6N2O4/c1-3-7-15-14-17(22(35,23(25,26)27)24(28,29)30)10-11-18(15)36-13-5-4-12-32-19(33)21(2,31-20(32)34)16-8-6-9-16/h10-11,14,16,35H,3-9,12-13H2,1-2H3,(H,31,34). The van der Waals surface area contributed by atoms with Crippen molar-refractivity contribution in [2.24, 2.45) is 5.92 Å². The third kappa shape index (κ3) is 5.01. The minimum Gasteiger partial charge on any atom is -0.493 e. The highest BCUT2D eigenvalue weighted by Crippen LogP contribution is 2.50. The van der Waals surface area contributed by atoms with Crippen molar-refractivity contribution in [1.82, 2.24) is 10.2 Å². The molecule has 1 aromatic rings.